The van der Waals surface area contributed by atoms with E-state index in [1.54, 1.807) is 10.7 Å². The van der Waals surface area contributed by atoms with Gasteiger partial charge < -0.3 is 10.1 Å². The minimum atomic E-state index is -0.625. The lowest BCUT2D eigenvalue weighted by atomic mass is 9.85. The number of benzene rings is 2. The Hall–Kier alpha value is -4.08. The molecule has 0 spiro atoms. The van der Waals surface area contributed by atoms with Gasteiger partial charge in [-0.15, -0.1) is 0 Å². The smallest absolute Gasteiger partial charge is 0.311 e. The number of carbonyl (C=O) groups is 1. The molecular weight excluding hydrogens is 405 g/mol. The van der Waals surface area contributed by atoms with Gasteiger partial charge in [-0.05, 0) is 48.7 Å². The summed E-state index contributed by atoms with van der Waals surface area (Å²) in [6, 6.07) is 9.09. The third-order valence-corrected chi connectivity index (χ3v) is 5.35. The standard InChI is InChI=1S/C21H16FN5O4/c22-13-5-7-14(8-6-13)31-18-9-4-12(10-16(18)27(29)30)20-19-15(2-1-3-17(19)28)25-21-23-11-24-26(20)21/h4-11,20H,1-3H2,(H,23,24,25). The second kappa shape index (κ2) is 7.31. The van der Waals surface area contributed by atoms with E-state index in [4.69, 9.17) is 4.74 Å². The third kappa shape index (κ3) is 3.31. The van der Waals surface area contributed by atoms with Crippen LogP contribution in [0.3, 0.4) is 0 Å². The molecule has 1 N–H and O–H groups in total. The molecule has 9 nitrogen and oxygen atoms in total. The van der Waals surface area contributed by atoms with Crippen molar-refractivity contribution >= 4 is 17.4 Å². The number of anilines is 1. The zero-order valence-electron chi connectivity index (χ0n) is 16.1. The van der Waals surface area contributed by atoms with Gasteiger partial charge in [-0.25, -0.2) is 9.07 Å². The van der Waals surface area contributed by atoms with Crippen molar-refractivity contribution in [1.29, 1.82) is 0 Å². The molecule has 1 aliphatic heterocycles. The molecule has 2 aliphatic rings. The van der Waals surface area contributed by atoms with Gasteiger partial charge in [-0.3, -0.25) is 14.9 Å². The summed E-state index contributed by atoms with van der Waals surface area (Å²) in [6.45, 7) is 0. The molecular formula is C21H16FN5O4. The Morgan fingerprint density at radius 1 is 1.19 bits per heavy atom. The summed E-state index contributed by atoms with van der Waals surface area (Å²) in [7, 11) is 0. The van der Waals surface area contributed by atoms with Gasteiger partial charge in [0.1, 0.15) is 23.9 Å². The predicted octanol–water partition coefficient (Wildman–Crippen LogP) is 4.14. The van der Waals surface area contributed by atoms with Gasteiger partial charge in [0, 0.05) is 23.8 Å². The molecule has 0 saturated carbocycles. The number of rotatable bonds is 4. The van der Waals surface area contributed by atoms with Crippen LogP contribution >= 0.6 is 0 Å². The minimum Gasteiger partial charge on any atom is -0.450 e. The average Bonchev–Trinajstić information content (AvgIpc) is 3.22. The summed E-state index contributed by atoms with van der Waals surface area (Å²) in [5.41, 5.74) is 1.57. The van der Waals surface area contributed by atoms with Gasteiger partial charge in [0.25, 0.3) is 0 Å². The Bertz CT molecular complexity index is 1230. The van der Waals surface area contributed by atoms with Crippen LogP contribution in [0.5, 0.6) is 11.5 Å². The average molecular weight is 421 g/mol. The fourth-order valence-electron chi connectivity index (χ4n) is 3.97. The number of halogens is 1. The van der Waals surface area contributed by atoms with Crippen LogP contribution in [-0.2, 0) is 4.79 Å². The number of ether oxygens (including phenoxy) is 1. The number of nitrogens with zero attached hydrogens (tertiary/aromatic N) is 4. The van der Waals surface area contributed by atoms with Gasteiger partial charge in [0.15, 0.2) is 5.78 Å². The van der Waals surface area contributed by atoms with Crippen LogP contribution in [0.25, 0.3) is 0 Å². The quantitative estimate of drug-likeness (QED) is 0.498. The van der Waals surface area contributed by atoms with Crippen LogP contribution in [0.15, 0.2) is 60.1 Å². The van der Waals surface area contributed by atoms with E-state index in [-0.39, 0.29) is 23.0 Å². The predicted molar refractivity (Wildman–Crippen MR) is 107 cm³/mol. The highest BCUT2D eigenvalue weighted by molar-refractivity contribution is 5.99. The first-order valence-electron chi connectivity index (χ1n) is 9.66. The SMILES string of the molecule is O=C1CCCC2=C1C(c1ccc(Oc3ccc(F)cc3)c([N+](=O)[O-])c1)n1ncnc1N2. The van der Waals surface area contributed by atoms with Crippen molar-refractivity contribution in [2.24, 2.45) is 0 Å². The monoisotopic (exact) mass is 421 g/mol. The molecule has 5 rings (SSSR count). The summed E-state index contributed by atoms with van der Waals surface area (Å²) >= 11 is 0. The summed E-state index contributed by atoms with van der Waals surface area (Å²) in [6.07, 6.45) is 3.21. The van der Waals surface area contributed by atoms with E-state index in [1.807, 2.05) is 0 Å². The molecule has 3 aromatic rings. The third-order valence-electron chi connectivity index (χ3n) is 5.35. The second-order valence-electron chi connectivity index (χ2n) is 7.26. The van der Waals surface area contributed by atoms with Crippen molar-refractivity contribution in [2.75, 3.05) is 5.32 Å². The van der Waals surface area contributed by atoms with Crippen LogP contribution in [0.4, 0.5) is 16.0 Å². The van der Waals surface area contributed by atoms with Crippen LogP contribution in [0.1, 0.15) is 30.9 Å². The molecule has 1 aromatic heterocycles. The summed E-state index contributed by atoms with van der Waals surface area (Å²) < 4.78 is 20.3. The topological polar surface area (TPSA) is 112 Å². The Labute approximate surface area is 175 Å². The maximum Gasteiger partial charge on any atom is 0.311 e. The van der Waals surface area contributed by atoms with Crippen molar-refractivity contribution in [3.63, 3.8) is 0 Å². The molecule has 0 radical (unpaired) electrons. The first kappa shape index (κ1) is 18.9. The van der Waals surface area contributed by atoms with E-state index in [2.05, 4.69) is 15.4 Å². The molecule has 156 valence electrons. The zero-order valence-corrected chi connectivity index (χ0v) is 16.1. The van der Waals surface area contributed by atoms with E-state index in [0.29, 0.717) is 29.9 Å². The molecule has 0 saturated heterocycles. The maximum absolute atomic E-state index is 13.1. The number of aromatic nitrogens is 3. The number of allylic oxidation sites excluding steroid dienone is 2. The fourth-order valence-corrected chi connectivity index (χ4v) is 3.97. The Kier molecular flexibility index (Phi) is 4.46. The molecule has 31 heavy (non-hydrogen) atoms. The van der Waals surface area contributed by atoms with Gasteiger partial charge in [-0.1, -0.05) is 6.07 Å². The lowest BCUT2D eigenvalue weighted by molar-refractivity contribution is -0.385. The highest BCUT2D eigenvalue weighted by atomic mass is 19.1. The molecule has 0 amide bonds. The second-order valence-corrected chi connectivity index (χ2v) is 7.26. The summed E-state index contributed by atoms with van der Waals surface area (Å²) in [5, 5.41) is 19.2. The molecule has 2 heterocycles. The largest absolute Gasteiger partial charge is 0.450 e. The van der Waals surface area contributed by atoms with Crippen molar-refractivity contribution < 1.29 is 18.8 Å². The van der Waals surface area contributed by atoms with Crippen molar-refractivity contribution in [3.05, 3.63) is 81.6 Å². The molecule has 1 atom stereocenters. The Morgan fingerprint density at radius 3 is 2.77 bits per heavy atom. The van der Waals surface area contributed by atoms with Gasteiger partial charge in [0.2, 0.25) is 11.7 Å². The van der Waals surface area contributed by atoms with E-state index in [1.165, 1.54) is 42.7 Å². The lowest BCUT2D eigenvalue weighted by Crippen LogP contribution is -2.31. The van der Waals surface area contributed by atoms with Gasteiger partial charge in [0.05, 0.1) is 4.92 Å². The molecule has 1 aliphatic carbocycles. The van der Waals surface area contributed by atoms with Crippen molar-refractivity contribution in [3.8, 4) is 11.5 Å². The lowest BCUT2D eigenvalue weighted by Gasteiger charge is -2.32. The number of hydrogen-bond acceptors (Lipinski definition) is 7. The van der Waals surface area contributed by atoms with Crippen LogP contribution in [0, 0.1) is 15.9 Å². The number of nitro benzene ring substituents is 1. The highest BCUT2D eigenvalue weighted by Crippen LogP contribution is 2.42. The van der Waals surface area contributed by atoms with Crippen LogP contribution < -0.4 is 10.1 Å². The van der Waals surface area contributed by atoms with Crippen LogP contribution in [-0.4, -0.2) is 25.5 Å². The summed E-state index contributed by atoms with van der Waals surface area (Å²) in [4.78, 5) is 28.2. The Morgan fingerprint density at radius 2 is 2.00 bits per heavy atom. The number of fused-ring (bicyclic) bond motifs is 1. The highest BCUT2D eigenvalue weighted by Gasteiger charge is 2.37. The minimum absolute atomic E-state index is 0.0114. The number of Topliss-reactive ketones (excluding diaryl/α,β-unsaturated/α-hetero) is 1. The van der Waals surface area contributed by atoms with Crippen LogP contribution in [0.2, 0.25) is 0 Å². The molecule has 10 heteroatoms. The normalized spacial score (nSPS) is 17.6. The van der Waals surface area contributed by atoms with Gasteiger partial charge >= 0.3 is 5.69 Å². The number of hydrogen-bond donors (Lipinski definition) is 1. The van der Waals surface area contributed by atoms with Crippen molar-refractivity contribution in [2.45, 2.75) is 25.3 Å². The first-order valence-corrected chi connectivity index (χ1v) is 9.66. The van der Waals surface area contributed by atoms with Gasteiger partial charge in [-0.2, -0.15) is 10.1 Å². The maximum atomic E-state index is 13.1. The van der Waals surface area contributed by atoms with E-state index < -0.39 is 16.8 Å². The molecule has 0 bridgehead atoms. The van der Waals surface area contributed by atoms with Crippen molar-refractivity contribution in [1.82, 2.24) is 14.8 Å². The molecule has 2 aromatic carbocycles. The van der Waals surface area contributed by atoms with E-state index >= 15 is 0 Å². The Balaban J connectivity index is 1.59. The molecule has 0 fully saturated rings. The number of nitro groups is 1. The number of ketones is 1. The number of nitrogens with one attached hydrogen (secondary N) is 1. The number of carbonyl (C=O) groups excluding carboxylic acids is 1. The first-order chi connectivity index (χ1) is 15.0. The van der Waals surface area contributed by atoms with E-state index in [9.17, 15) is 19.3 Å². The fraction of sp³-hybridized carbons (Fsp3) is 0.190. The van der Waals surface area contributed by atoms with E-state index in [0.717, 1.165) is 12.1 Å². The molecule has 1 unspecified atom stereocenters. The summed E-state index contributed by atoms with van der Waals surface area (Å²) in [5.74, 6) is 0.303. The zero-order chi connectivity index (χ0) is 21.5.